The van der Waals surface area contributed by atoms with Crippen molar-refractivity contribution in [2.75, 3.05) is 13.7 Å². The Morgan fingerprint density at radius 3 is 2.65 bits per heavy atom. The van der Waals surface area contributed by atoms with E-state index < -0.39 is 5.41 Å². The van der Waals surface area contributed by atoms with Gasteiger partial charge in [0.05, 0.1) is 18.6 Å². The number of aromatic nitrogens is 2. The third-order valence-electron chi connectivity index (χ3n) is 5.52. The van der Waals surface area contributed by atoms with Gasteiger partial charge in [0.1, 0.15) is 11.6 Å². The zero-order valence-electron chi connectivity index (χ0n) is 15.1. The van der Waals surface area contributed by atoms with Crippen LogP contribution in [0.2, 0.25) is 0 Å². The number of H-pyrrole nitrogens is 1. The maximum Gasteiger partial charge on any atom is 0.251 e. The van der Waals surface area contributed by atoms with Crippen molar-refractivity contribution in [3.8, 4) is 5.75 Å². The molecule has 2 fully saturated rings. The predicted molar refractivity (Wildman–Crippen MR) is 97.2 cm³/mol. The van der Waals surface area contributed by atoms with Crippen LogP contribution >= 0.6 is 0 Å². The van der Waals surface area contributed by atoms with Crippen molar-refractivity contribution < 1.29 is 9.53 Å². The van der Waals surface area contributed by atoms with Gasteiger partial charge < -0.3 is 14.6 Å². The number of benzene rings is 1. The van der Waals surface area contributed by atoms with Crippen LogP contribution in [0.1, 0.15) is 48.8 Å². The summed E-state index contributed by atoms with van der Waals surface area (Å²) in [5.41, 5.74) is 1.13. The Morgan fingerprint density at radius 2 is 2.04 bits per heavy atom. The molecule has 136 valence electrons. The topological polar surface area (TPSA) is 75.3 Å². The number of amides is 1. The van der Waals surface area contributed by atoms with E-state index in [1.165, 1.54) is 6.07 Å². The Labute approximate surface area is 152 Å². The highest BCUT2D eigenvalue weighted by Crippen LogP contribution is 2.51. The van der Waals surface area contributed by atoms with Crippen LogP contribution in [0.15, 0.2) is 35.1 Å². The molecule has 6 nitrogen and oxygen atoms in total. The number of carbonyl (C=O) groups excluding carboxylic acids is 1. The fourth-order valence-corrected chi connectivity index (χ4v) is 3.99. The molecular weight excluding hydrogens is 330 g/mol. The van der Waals surface area contributed by atoms with E-state index in [2.05, 4.69) is 9.97 Å². The zero-order valence-corrected chi connectivity index (χ0v) is 15.1. The minimum atomic E-state index is -0.432. The van der Waals surface area contributed by atoms with Gasteiger partial charge in [-0.2, -0.15) is 0 Å². The molecule has 6 heteroatoms. The minimum absolute atomic E-state index is 0.147. The molecule has 1 aliphatic carbocycles. The van der Waals surface area contributed by atoms with Crippen molar-refractivity contribution in [2.24, 2.45) is 0 Å². The molecule has 2 aromatic rings. The summed E-state index contributed by atoms with van der Waals surface area (Å²) in [5.74, 6) is 1.54. The number of methoxy groups -OCH3 is 1. The van der Waals surface area contributed by atoms with E-state index in [1.807, 2.05) is 29.2 Å². The largest absolute Gasteiger partial charge is 0.497 e. The summed E-state index contributed by atoms with van der Waals surface area (Å²) >= 11 is 0. The van der Waals surface area contributed by atoms with Crippen molar-refractivity contribution in [3.05, 3.63) is 57.8 Å². The van der Waals surface area contributed by atoms with Crippen LogP contribution in [0, 0.1) is 6.92 Å². The molecule has 1 aliphatic heterocycles. The standard InChI is InChI=1S/C20H23N3O3/c1-13-12-17(24)22-18(21-13)16-4-3-11-23(16)19(25)20(9-10-20)14-5-7-15(26-2)8-6-14/h5-8,12,16H,3-4,9-11H2,1-2H3,(H,21,22,24)/t16-/m1/s1. The first-order valence-corrected chi connectivity index (χ1v) is 9.07. The molecule has 0 bridgehead atoms. The third-order valence-corrected chi connectivity index (χ3v) is 5.52. The lowest BCUT2D eigenvalue weighted by Crippen LogP contribution is -2.39. The SMILES string of the molecule is COc1ccc(C2(C(=O)N3CCC[C@@H]3c3nc(C)cc(=O)[nH]3)CC2)cc1. The first kappa shape index (κ1) is 16.8. The van der Waals surface area contributed by atoms with Gasteiger partial charge in [-0.05, 0) is 50.3 Å². The van der Waals surface area contributed by atoms with Crippen LogP contribution in [0.4, 0.5) is 0 Å². The third kappa shape index (κ3) is 2.79. The lowest BCUT2D eigenvalue weighted by molar-refractivity contribution is -0.135. The number of nitrogens with one attached hydrogen (secondary N) is 1. The maximum atomic E-state index is 13.4. The molecule has 1 aromatic carbocycles. The van der Waals surface area contributed by atoms with Crippen LogP contribution < -0.4 is 10.3 Å². The molecule has 0 spiro atoms. The summed E-state index contributed by atoms with van der Waals surface area (Å²) < 4.78 is 5.22. The van der Waals surface area contributed by atoms with Crippen LogP contribution in [0.25, 0.3) is 0 Å². The quantitative estimate of drug-likeness (QED) is 0.916. The van der Waals surface area contributed by atoms with Crippen molar-refractivity contribution in [1.82, 2.24) is 14.9 Å². The molecule has 1 atom stereocenters. The van der Waals surface area contributed by atoms with Gasteiger partial charge in [-0.15, -0.1) is 0 Å². The van der Waals surface area contributed by atoms with Crippen LogP contribution in [0.3, 0.4) is 0 Å². The second-order valence-electron chi connectivity index (χ2n) is 7.24. The number of aryl methyl sites for hydroxylation is 1. The molecule has 1 aromatic heterocycles. The maximum absolute atomic E-state index is 13.4. The average Bonchev–Trinajstić information content (AvgIpc) is 3.30. The fourth-order valence-electron chi connectivity index (χ4n) is 3.99. The summed E-state index contributed by atoms with van der Waals surface area (Å²) in [6.45, 7) is 2.51. The molecule has 2 heterocycles. The lowest BCUT2D eigenvalue weighted by atomic mass is 9.93. The fraction of sp³-hybridized carbons (Fsp3) is 0.450. The number of nitrogens with zero attached hydrogens (tertiary/aromatic N) is 2. The Kier molecular flexibility index (Phi) is 4.05. The molecular formula is C20H23N3O3. The highest BCUT2D eigenvalue weighted by Gasteiger charge is 2.54. The Bertz CT molecular complexity index is 884. The van der Waals surface area contributed by atoms with Crippen LogP contribution in [-0.4, -0.2) is 34.4 Å². The van der Waals surface area contributed by atoms with Crippen molar-refractivity contribution in [1.29, 1.82) is 0 Å². The lowest BCUT2D eigenvalue weighted by Gasteiger charge is -2.28. The van der Waals surface area contributed by atoms with Gasteiger partial charge in [0, 0.05) is 18.3 Å². The van der Waals surface area contributed by atoms with E-state index >= 15 is 0 Å². The molecule has 1 saturated carbocycles. The second kappa shape index (κ2) is 6.27. The number of ether oxygens (including phenoxy) is 1. The van der Waals surface area contributed by atoms with Crippen LogP contribution in [0.5, 0.6) is 5.75 Å². The molecule has 1 N–H and O–H groups in total. The molecule has 4 rings (SSSR count). The molecule has 0 unspecified atom stereocenters. The molecule has 2 aliphatic rings. The van der Waals surface area contributed by atoms with Gasteiger partial charge in [-0.25, -0.2) is 4.98 Å². The number of hydrogen-bond donors (Lipinski definition) is 1. The van der Waals surface area contributed by atoms with Gasteiger partial charge >= 0.3 is 0 Å². The first-order chi connectivity index (χ1) is 12.5. The molecule has 1 amide bonds. The molecule has 1 saturated heterocycles. The van der Waals surface area contributed by atoms with Crippen molar-refractivity contribution in [3.63, 3.8) is 0 Å². The van der Waals surface area contributed by atoms with Gasteiger partial charge in [0.15, 0.2) is 0 Å². The highest BCUT2D eigenvalue weighted by atomic mass is 16.5. The van der Waals surface area contributed by atoms with Gasteiger partial charge in [-0.1, -0.05) is 12.1 Å². The van der Waals surface area contributed by atoms with E-state index in [-0.39, 0.29) is 17.5 Å². The number of rotatable bonds is 4. The summed E-state index contributed by atoms with van der Waals surface area (Å²) in [6.07, 6.45) is 3.47. The summed E-state index contributed by atoms with van der Waals surface area (Å²) in [5, 5.41) is 0. The minimum Gasteiger partial charge on any atom is -0.497 e. The van der Waals surface area contributed by atoms with Gasteiger partial charge in [0.25, 0.3) is 5.56 Å². The van der Waals surface area contributed by atoms with E-state index in [0.717, 1.165) is 37.0 Å². The number of likely N-dealkylation sites (tertiary alicyclic amines) is 1. The van der Waals surface area contributed by atoms with Crippen molar-refractivity contribution >= 4 is 5.91 Å². The highest BCUT2D eigenvalue weighted by molar-refractivity contribution is 5.91. The van der Waals surface area contributed by atoms with Crippen LogP contribution in [-0.2, 0) is 10.2 Å². The monoisotopic (exact) mass is 353 g/mol. The van der Waals surface area contributed by atoms with Gasteiger partial charge in [-0.3, -0.25) is 9.59 Å². The second-order valence-corrected chi connectivity index (χ2v) is 7.24. The number of aromatic amines is 1. The molecule has 26 heavy (non-hydrogen) atoms. The smallest absolute Gasteiger partial charge is 0.251 e. The number of hydrogen-bond acceptors (Lipinski definition) is 4. The predicted octanol–water partition coefficient (Wildman–Crippen LogP) is 2.48. The Morgan fingerprint density at radius 1 is 1.31 bits per heavy atom. The Hall–Kier alpha value is -2.63. The van der Waals surface area contributed by atoms with E-state index in [0.29, 0.717) is 18.1 Å². The van der Waals surface area contributed by atoms with E-state index in [9.17, 15) is 9.59 Å². The molecule has 0 radical (unpaired) electrons. The normalized spacial score (nSPS) is 20.8. The van der Waals surface area contributed by atoms with Crippen molar-refractivity contribution in [2.45, 2.75) is 44.1 Å². The summed E-state index contributed by atoms with van der Waals surface area (Å²) in [6, 6.07) is 9.12. The van der Waals surface area contributed by atoms with E-state index in [4.69, 9.17) is 4.74 Å². The summed E-state index contributed by atoms with van der Waals surface area (Å²) in [4.78, 5) is 34.5. The van der Waals surface area contributed by atoms with E-state index in [1.54, 1.807) is 14.0 Å². The Balaban J connectivity index is 1.63. The zero-order chi connectivity index (χ0) is 18.3. The summed E-state index contributed by atoms with van der Waals surface area (Å²) in [7, 11) is 1.64. The number of carbonyl (C=O) groups is 1. The van der Waals surface area contributed by atoms with Gasteiger partial charge in [0.2, 0.25) is 5.91 Å². The first-order valence-electron chi connectivity index (χ1n) is 9.07. The average molecular weight is 353 g/mol.